The largest absolute Gasteiger partial charge is 0.355 e. The first kappa shape index (κ1) is 29.6. The number of carbonyl (C=O) groups excluding carboxylic acids is 2. The van der Waals surface area contributed by atoms with E-state index in [0.29, 0.717) is 31.6 Å². The summed E-state index contributed by atoms with van der Waals surface area (Å²) in [5.74, 6) is 1.87. The minimum absolute atomic E-state index is 0.217. The number of rotatable bonds is 12. The number of nitrogens with zero attached hydrogens (tertiary/aromatic N) is 2. The van der Waals surface area contributed by atoms with Crippen molar-refractivity contribution in [3.8, 4) is 0 Å². The summed E-state index contributed by atoms with van der Waals surface area (Å²) in [7, 11) is -3.75. The average Bonchev–Trinajstić information content (AvgIpc) is 2.93. The van der Waals surface area contributed by atoms with Crippen molar-refractivity contribution in [2.24, 2.45) is 17.8 Å². The number of hydrogen-bond acceptors (Lipinski definition) is 4. The fraction of sp³-hybridized carbons (Fsp3) is 0.576. The van der Waals surface area contributed by atoms with Gasteiger partial charge in [0.15, 0.2) is 0 Å². The van der Waals surface area contributed by atoms with E-state index < -0.39 is 16.1 Å². The summed E-state index contributed by atoms with van der Waals surface area (Å²) in [6, 6.07) is 17.1. The summed E-state index contributed by atoms with van der Waals surface area (Å²) < 4.78 is 27.2. The maximum atomic E-state index is 13.8. The summed E-state index contributed by atoms with van der Waals surface area (Å²) in [5.41, 5.74) is 3.07. The number of nitrogens with one attached hydrogen (secondary N) is 1. The fourth-order valence-corrected chi connectivity index (χ4v) is 9.10. The Morgan fingerprint density at radius 3 is 2.02 bits per heavy atom. The molecule has 0 aromatic heterocycles. The molecule has 4 bridgehead atoms. The monoisotopic (exact) mass is 579 g/mol. The van der Waals surface area contributed by atoms with Crippen LogP contribution in [0.2, 0.25) is 0 Å². The molecule has 2 aromatic carbocycles. The van der Waals surface area contributed by atoms with Crippen LogP contribution < -0.4 is 9.62 Å². The number of likely N-dealkylation sites (N-methyl/N-ethyl adjacent to an activating group) is 1. The second-order valence-corrected chi connectivity index (χ2v) is 14.6. The molecule has 6 rings (SSSR count). The van der Waals surface area contributed by atoms with Crippen molar-refractivity contribution in [2.75, 3.05) is 30.2 Å². The normalized spacial score (nSPS) is 25.5. The standard InChI is InChI=1S/C33H45N3O4S/c1-4-30(32(38)34-5-2)35(16-15-24-9-7-6-8-10-24)31(37)23-36(41(3,39)40)29-13-11-28(12-14-29)33-20-25-17-26(21-33)19-27(18-25)22-33/h6-14,25-27,30H,4-5,15-23H2,1-3H3,(H,34,38)/t25?,26?,27?,30-,33?/m1/s1. The second kappa shape index (κ2) is 12.2. The number of sulfonamides is 1. The molecule has 222 valence electrons. The molecule has 0 unspecified atom stereocenters. The lowest BCUT2D eigenvalue weighted by atomic mass is 9.48. The Bertz CT molecular complexity index is 1290. The molecule has 0 heterocycles. The first-order valence-corrected chi connectivity index (χ1v) is 17.2. The van der Waals surface area contributed by atoms with Crippen LogP contribution in [0.15, 0.2) is 54.6 Å². The van der Waals surface area contributed by atoms with Crippen molar-refractivity contribution in [1.29, 1.82) is 0 Å². The van der Waals surface area contributed by atoms with Crippen LogP contribution in [-0.2, 0) is 31.4 Å². The Labute approximate surface area is 245 Å². The van der Waals surface area contributed by atoms with Crippen LogP contribution in [0, 0.1) is 17.8 Å². The van der Waals surface area contributed by atoms with Gasteiger partial charge in [-0.2, -0.15) is 0 Å². The highest BCUT2D eigenvalue weighted by Crippen LogP contribution is 2.60. The van der Waals surface area contributed by atoms with Gasteiger partial charge >= 0.3 is 0 Å². The van der Waals surface area contributed by atoms with Crippen LogP contribution in [0.3, 0.4) is 0 Å². The summed E-state index contributed by atoms with van der Waals surface area (Å²) in [6.07, 6.45) is 9.98. The molecule has 4 aliphatic carbocycles. The van der Waals surface area contributed by atoms with Gasteiger partial charge in [0, 0.05) is 13.1 Å². The molecule has 4 saturated carbocycles. The lowest BCUT2D eigenvalue weighted by Crippen LogP contribution is -2.53. The summed E-state index contributed by atoms with van der Waals surface area (Å²) in [5, 5.41) is 2.84. The Morgan fingerprint density at radius 1 is 0.927 bits per heavy atom. The Balaban J connectivity index is 1.37. The lowest BCUT2D eigenvalue weighted by Gasteiger charge is -2.57. The van der Waals surface area contributed by atoms with Crippen molar-refractivity contribution < 1.29 is 18.0 Å². The van der Waals surface area contributed by atoms with Crippen LogP contribution >= 0.6 is 0 Å². The highest BCUT2D eigenvalue weighted by molar-refractivity contribution is 7.92. The summed E-state index contributed by atoms with van der Waals surface area (Å²) >= 11 is 0. The van der Waals surface area contributed by atoms with Gasteiger partial charge in [0.1, 0.15) is 12.6 Å². The number of hydrogen-bond donors (Lipinski definition) is 1. The molecule has 0 radical (unpaired) electrons. The van der Waals surface area contributed by atoms with E-state index in [1.165, 1.54) is 48.4 Å². The van der Waals surface area contributed by atoms with Gasteiger partial charge in [0.05, 0.1) is 11.9 Å². The van der Waals surface area contributed by atoms with E-state index in [9.17, 15) is 18.0 Å². The van der Waals surface area contributed by atoms with Crippen molar-refractivity contribution >= 4 is 27.5 Å². The minimum Gasteiger partial charge on any atom is -0.355 e. The van der Waals surface area contributed by atoms with Crippen LogP contribution in [0.4, 0.5) is 5.69 Å². The zero-order valence-electron chi connectivity index (χ0n) is 24.7. The molecular formula is C33H45N3O4S. The zero-order valence-corrected chi connectivity index (χ0v) is 25.5. The molecule has 0 spiro atoms. The molecule has 4 aliphatic rings. The van der Waals surface area contributed by atoms with Crippen molar-refractivity contribution in [1.82, 2.24) is 10.2 Å². The summed E-state index contributed by atoms with van der Waals surface area (Å²) in [6.45, 7) is 4.16. The van der Waals surface area contributed by atoms with E-state index >= 15 is 0 Å². The van der Waals surface area contributed by atoms with Gasteiger partial charge in [-0.25, -0.2) is 8.42 Å². The smallest absolute Gasteiger partial charge is 0.244 e. The van der Waals surface area contributed by atoms with E-state index in [1.807, 2.05) is 56.3 Å². The fourth-order valence-electron chi connectivity index (χ4n) is 8.25. The van der Waals surface area contributed by atoms with Gasteiger partial charge in [-0.15, -0.1) is 0 Å². The molecular weight excluding hydrogens is 534 g/mol. The Morgan fingerprint density at radius 2 is 1.51 bits per heavy atom. The molecule has 1 N–H and O–H groups in total. The predicted molar refractivity (Wildman–Crippen MR) is 163 cm³/mol. The van der Waals surface area contributed by atoms with E-state index in [1.54, 1.807) is 4.90 Å². The maximum Gasteiger partial charge on any atom is 0.244 e. The molecule has 1 atom stereocenters. The van der Waals surface area contributed by atoms with E-state index in [2.05, 4.69) is 17.4 Å². The number of amides is 2. The van der Waals surface area contributed by atoms with Gasteiger partial charge in [-0.05, 0) is 105 Å². The lowest BCUT2D eigenvalue weighted by molar-refractivity contribution is -0.139. The number of benzene rings is 2. The Kier molecular flexibility index (Phi) is 8.78. The highest BCUT2D eigenvalue weighted by Gasteiger charge is 2.51. The quantitative estimate of drug-likeness (QED) is 0.387. The third kappa shape index (κ3) is 6.47. The maximum absolute atomic E-state index is 13.8. The number of carbonyl (C=O) groups is 2. The van der Waals surface area contributed by atoms with E-state index in [0.717, 1.165) is 29.6 Å². The van der Waals surface area contributed by atoms with Gasteiger partial charge in [0.25, 0.3) is 0 Å². The van der Waals surface area contributed by atoms with Crippen LogP contribution in [0.25, 0.3) is 0 Å². The molecule has 0 aliphatic heterocycles. The first-order valence-electron chi connectivity index (χ1n) is 15.3. The SMILES string of the molecule is CCNC(=O)[C@@H](CC)N(CCc1ccccc1)C(=O)CN(c1ccc(C23CC4CC(CC(C4)C2)C3)cc1)S(C)(=O)=O. The molecule has 7 nitrogen and oxygen atoms in total. The number of anilines is 1. The molecule has 41 heavy (non-hydrogen) atoms. The molecule has 4 fully saturated rings. The molecule has 2 aromatic rings. The van der Waals surface area contributed by atoms with Gasteiger partial charge in [-0.3, -0.25) is 13.9 Å². The van der Waals surface area contributed by atoms with E-state index in [-0.39, 0.29) is 23.8 Å². The molecule has 8 heteroatoms. The predicted octanol–water partition coefficient (Wildman–Crippen LogP) is 4.91. The Hall–Kier alpha value is -2.87. The van der Waals surface area contributed by atoms with Gasteiger partial charge < -0.3 is 10.2 Å². The van der Waals surface area contributed by atoms with Crippen LogP contribution in [0.5, 0.6) is 0 Å². The van der Waals surface area contributed by atoms with E-state index in [4.69, 9.17) is 0 Å². The molecule has 0 saturated heterocycles. The van der Waals surface area contributed by atoms with Crippen molar-refractivity contribution in [3.05, 3.63) is 65.7 Å². The third-order valence-electron chi connectivity index (χ3n) is 9.71. The van der Waals surface area contributed by atoms with Gasteiger partial charge in [0.2, 0.25) is 21.8 Å². The third-order valence-corrected chi connectivity index (χ3v) is 10.8. The van der Waals surface area contributed by atoms with Crippen LogP contribution in [-0.4, -0.2) is 57.1 Å². The minimum atomic E-state index is -3.75. The van der Waals surface area contributed by atoms with Crippen molar-refractivity contribution in [2.45, 2.75) is 76.7 Å². The zero-order chi connectivity index (χ0) is 29.2. The average molecular weight is 580 g/mol. The van der Waals surface area contributed by atoms with Gasteiger partial charge in [-0.1, -0.05) is 49.4 Å². The molecule has 2 amide bonds. The highest BCUT2D eigenvalue weighted by atomic mass is 32.2. The summed E-state index contributed by atoms with van der Waals surface area (Å²) in [4.78, 5) is 28.3. The topological polar surface area (TPSA) is 86.8 Å². The second-order valence-electron chi connectivity index (χ2n) is 12.7. The first-order chi connectivity index (χ1) is 19.6. The van der Waals surface area contributed by atoms with Crippen LogP contribution in [0.1, 0.15) is 69.9 Å². The van der Waals surface area contributed by atoms with Crippen molar-refractivity contribution in [3.63, 3.8) is 0 Å².